The molecule has 0 bridgehead atoms. The second-order valence-corrected chi connectivity index (χ2v) is 9.67. The Morgan fingerprint density at radius 2 is 1.68 bits per heavy atom. The minimum atomic E-state index is -0.381. The zero-order valence-electron chi connectivity index (χ0n) is 20.5. The van der Waals surface area contributed by atoms with Crippen molar-refractivity contribution in [1.82, 2.24) is 9.97 Å². The number of non-ortho nitro benzene ring substituents is 1. The van der Waals surface area contributed by atoms with Crippen LogP contribution in [0.4, 0.5) is 11.6 Å². The van der Waals surface area contributed by atoms with Crippen LogP contribution in [0.2, 0.25) is 5.02 Å². The van der Waals surface area contributed by atoms with E-state index in [-0.39, 0.29) is 16.7 Å². The second-order valence-electron chi connectivity index (χ2n) is 9.23. The van der Waals surface area contributed by atoms with Crippen molar-refractivity contribution in [3.05, 3.63) is 129 Å². The third-order valence-electron chi connectivity index (χ3n) is 6.66. The minimum absolute atomic E-state index is 0.0327. The number of fused-ring (bicyclic) bond motifs is 1. The molecular weight excluding hydrogens is 498 g/mol. The van der Waals surface area contributed by atoms with Crippen LogP contribution in [0.15, 0.2) is 102 Å². The van der Waals surface area contributed by atoms with Crippen molar-refractivity contribution in [2.75, 3.05) is 5.01 Å². The van der Waals surface area contributed by atoms with Gasteiger partial charge in [0.25, 0.3) is 5.69 Å². The number of hydrogen-bond donors (Lipinski definition) is 0. The number of halogens is 1. The van der Waals surface area contributed by atoms with E-state index in [1.54, 1.807) is 23.2 Å². The first-order chi connectivity index (χ1) is 18.5. The molecule has 6 rings (SSSR count). The van der Waals surface area contributed by atoms with E-state index in [4.69, 9.17) is 26.7 Å². The number of hydrogen-bond acceptors (Lipinski definition) is 6. The lowest BCUT2D eigenvalue weighted by Gasteiger charge is -2.23. The number of nitrogens with zero attached hydrogens (tertiary/aromatic N) is 5. The first kappa shape index (κ1) is 23.8. The number of aryl methyl sites for hydroxylation is 1. The first-order valence-electron chi connectivity index (χ1n) is 12.2. The predicted molar refractivity (Wildman–Crippen MR) is 151 cm³/mol. The molecule has 0 amide bonds. The van der Waals surface area contributed by atoms with Crippen LogP contribution < -0.4 is 5.01 Å². The molecule has 0 unspecified atom stereocenters. The van der Waals surface area contributed by atoms with Gasteiger partial charge in [-0.15, -0.1) is 0 Å². The molecule has 2 heterocycles. The average Bonchev–Trinajstić information content (AvgIpc) is 3.39. The maximum absolute atomic E-state index is 11.5. The molecule has 1 aromatic heterocycles. The molecule has 0 radical (unpaired) electrons. The molecule has 1 aliphatic rings. The summed E-state index contributed by atoms with van der Waals surface area (Å²) in [6.45, 7) is 2.04. The maximum atomic E-state index is 11.5. The average molecular weight is 520 g/mol. The summed E-state index contributed by atoms with van der Waals surface area (Å²) in [5, 5.41) is 19.7. The molecule has 5 aromatic rings. The Balaban J connectivity index is 1.54. The molecule has 38 heavy (non-hydrogen) atoms. The zero-order chi connectivity index (χ0) is 26.2. The van der Waals surface area contributed by atoms with Gasteiger partial charge in [0.05, 0.1) is 27.9 Å². The monoisotopic (exact) mass is 519 g/mol. The van der Waals surface area contributed by atoms with Crippen LogP contribution in [0.3, 0.4) is 0 Å². The Kier molecular flexibility index (Phi) is 6.05. The highest BCUT2D eigenvalue weighted by Gasteiger charge is 2.33. The summed E-state index contributed by atoms with van der Waals surface area (Å²) in [6.07, 6.45) is 0.549. The second kappa shape index (κ2) is 9.68. The fraction of sp³-hybridized carbons (Fsp3) is 0.100. The Bertz CT molecular complexity index is 1700. The number of rotatable bonds is 5. The standard InChI is InChI=1S/C30H22ClN5O2/c1-19-10-12-20(13-11-19)27-18-28(22-8-5-9-24(16-22)36(37)38)35(34-27)30-32-26-15-14-23(31)17-25(26)29(33-30)21-6-3-2-4-7-21/h2-17,28H,18H2,1H3/t28-/m1/s1. The van der Waals surface area contributed by atoms with Crippen molar-refractivity contribution >= 4 is 39.9 Å². The maximum Gasteiger partial charge on any atom is 0.269 e. The molecule has 0 saturated heterocycles. The largest absolute Gasteiger partial charge is 0.269 e. The van der Waals surface area contributed by atoms with Gasteiger partial charge in [-0.3, -0.25) is 10.1 Å². The van der Waals surface area contributed by atoms with E-state index >= 15 is 0 Å². The molecular formula is C30H22ClN5O2. The number of aromatic nitrogens is 2. The quantitative estimate of drug-likeness (QED) is 0.177. The van der Waals surface area contributed by atoms with Crippen LogP contribution >= 0.6 is 11.6 Å². The summed E-state index contributed by atoms with van der Waals surface area (Å²) in [4.78, 5) is 21.0. The van der Waals surface area contributed by atoms with Crippen molar-refractivity contribution in [2.45, 2.75) is 19.4 Å². The van der Waals surface area contributed by atoms with Gasteiger partial charge < -0.3 is 0 Å². The van der Waals surface area contributed by atoms with E-state index in [0.29, 0.717) is 17.4 Å². The molecule has 0 fully saturated rings. The van der Waals surface area contributed by atoms with E-state index in [0.717, 1.165) is 44.6 Å². The van der Waals surface area contributed by atoms with Crippen LogP contribution in [0.5, 0.6) is 0 Å². The van der Waals surface area contributed by atoms with Crippen LogP contribution in [-0.2, 0) is 0 Å². The van der Waals surface area contributed by atoms with Gasteiger partial charge in [0.15, 0.2) is 0 Å². The molecule has 1 aliphatic heterocycles. The fourth-order valence-corrected chi connectivity index (χ4v) is 4.90. The highest BCUT2D eigenvalue weighted by Crippen LogP contribution is 2.38. The normalized spacial score (nSPS) is 15.1. The zero-order valence-corrected chi connectivity index (χ0v) is 21.2. The van der Waals surface area contributed by atoms with Crippen LogP contribution in [0, 0.1) is 17.0 Å². The molecule has 0 N–H and O–H groups in total. The Morgan fingerprint density at radius 3 is 2.45 bits per heavy atom. The van der Waals surface area contributed by atoms with Gasteiger partial charge in [-0.1, -0.05) is 83.9 Å². The molecule has 0 aliphatic carbocycles. The molecule has 0 saturated carbocycles. The SMILES string of the molecule is Cc1ccc(C2=NN(c3nc(-c4ccccc4)c4cc(Cl)ccc4n3)[C@@H](c3cccc([N+](=O)[O-])c3)C2)cc1. The summed E-state index contributed by atoms with van der Waals surface area (Å²) in [5.74, 6) is 0.414. The highest BCUT2D eigenvalue weighted by molar-refractivity contribution is 6.31. The number of hydrazone groups is 1. The van der Waals surface area contributed by atoms with Gasteiger partial charge >= 0.3 is 0 Å². The van der Waals surface area contributed by atoms with Crippen LogP contribution in [0.25, 0.3) is 22.2 Å². The minimum Gasteiger partial charge on any atom is -0.258 e. The summed E-state index contributed by atoms with van der Waals surface area (Å²) in [5.41, 5.74) is 6.21. The third-order valence-corrected chi connectivity index (χ3v) is 6.89. The van der Waals surface area contributed by atoms with Crippen LogP contribution in [-0.4, -0.2) is 20.6 Å². The molecule has 186 valence electrons. The molecule has 7 nitrogen and oxygen atoms in total. The lowest BCUT2D eigenvalue weighted by Crippen LogP contribution is -2.21. The lowest BCUT2D eigenvalue weighted by atomic mass is 9.97. The Hall–Kier alpha value is -4.62. The van der Waals surface area contributed by atoms with Gasteiger partial charge in [-0.25, -0.2) is 15.0 Å². The van der Waals surface area contributed by atoms with E-state index < -0.39 is 0 Å². The van der Waals surface area contributed by atoms with E-state index in [1.165, 1.54) is 6.07 Å². The van der Waals surface area contributed by atoms with Crippen molar-refractivity contribution in [3.63, 3.8) is 0 Å². The highest BCUT2D eigenvalue weighted by atomic mass is 35.5. The molecule has 4 aromatic carbocycles. The predicted octanol–water partition coefficient (Wildman–Crippen LogP) is 7.52. The summed E-state index contributed by atoms with van der Waals surface area (Å²) < 4.78 is 0. The number of nitro groups is 1. The summed E-state index contributed by atoms with van der Waals surface area (Å²) in [7, 11) is 0. The van der Waals surface area contributed by atoms with Gasteiger partial charge in [-0.2, -0.15) is 5.10 Å². The Labute approximate surface area is 224 Å². The van der Waals surface area contributed by atoms with E-state index in [2.05, 4.69) is 0 Å². The van der Waals surface area contributed by atoms with Gasteiger partial charge in [-0.05, 0) is 36.2 Å². The van der Waals surface area contributed by atoms with Crippen LogP contribution in [0.1, 0.15) is 29.2 Å². The van der Waals surface area contributed by atoms with E-state index in [9.17, 15) is 10.1 Å². The molecule has 1 atom stereocenters. The van der Waals surface area contributed by atoms with Crippen molar-refractivity contribution in [2.24, 2.45) is 5.10 Å². The van der Waals surface area contributed by atoms with Gasteiger partial charge in [0.1, 0.15) is 0 Å². The summed E-state index contributed by atoms with van der Waals surface area (Å²) in [6, 6.07) is 30.0. The molecule has 0 spiro atoms. The van der Waals surface area contributed by atoms with Crippen molar-refractivity contribution in [3.8, 4) is 11.3 Å². The fourth-order valence-electron chi connectivity index (χ4n) is 4.73. The lowest BCUT2D eigenvalue weighted by molar-refractivity contribution is -0.384. The molecule has 8 heteroatoms. The Morgan fingerprint density at radius 1 is 0.895 bits per heavy atom. The number of benzene rings is 4. The van der Waals surface area contributed by atoms with Crippen molar-refractivity contribution < 1.29 is 4.92 Å². The summed E-state index contributed by atoms with van der Waals surface area (Å²) >= 11 is 6.34. The smallest absolute Gasteiger partial charge is 0.258 e. The first-order valence-corrected chi connectivity index (χ1v) is 12.5. The number of anilines is 1. The third kappa shape index (κ3) is 4.48. The van der Waals surface area contributed by atoms with Gasteiger partial charge in [0, 0.05) is 34.5 Å². The van der Waals surface area contributed by atoms with Crippen molar-refractivity contribution in [1.29, 1.82) is 0 Å². The number of nitro benzene ring substituents is 1. The topological polar surface area (TPSA) is 84.5 Å². The van der Waals surface area contributed by atoms with Gasteiger partial charge in [0.2, 0.25) is 5.95 Å². The van der Waals surface area contributed by atoms with E-state index in [1.807, 2.05) is 79.7 Å².